The highest BCUT2D eigenvalue weighted by molar-refractivity contribution is 9.10. The summed E-state index contributed by atoms with van der Waals surface area (Å²) in [5.74, 6) is 0.735. The van der Waals surface area contributed by atoms with Crippen LogP contribution in [-0.4, -0.2) is 25.8 Å². The van der Waals surface area contributed by atoms with Crippen LogP contribution in [0.3, 0.4) is 0 Å². The van der Waals surface area contributed by atoms with Crippen molar-refractivity contribution in [1.82, 2.24) is 0 Å². The minimum atomic E-state index is -0.396. The molecule has 0 amide bonds. The summed E-state index contributed by atoms with van der Waals surface area (Å²) >= 11 is 3.36. The number of epoxide rings is 1. The van der Waals surface area contributed by atoms with Gasteiger partial charge in [-0.3, -0.25) is 4.79 Å². The van der Waals surface area contributed by atoms with E-state index in [0.29, 0.717) is 5.56 Å². The van der Waals surface area contributed by atoms with Crippen LogP contribution in [0.2, 0.25) is 0 Å². The Kier molecular flexibility index (Phi) is 4.57. The van der Waals surface area contributed by atoms with Crippen molar-refractivity contribution in [1.29, 1.82) is 0 Å². The van der Waals surface area contributed by atoms with Crippen LogP contribution in [0.25, 0.3) is 0 Å². The molecule has 2 atom stereocenters. The molecule has 2 aromatic rings. The molecule has 22 heavy (non-hydrogen) atoms. The van der Waals surface area contributed by atoms with Crippen molar-refractivity contribution in [2.45, 2.75) is 12.2 Å². The quantitative estimate of drug-likeness (QED) is 0.446. The van der Waals surface area contributed by atoms with Crippen molar-refractivity contribution in [2.24, 2.45) is 0 Å². The molecule has 114 valence electrons. The minimum absolute atomic E-state index is 0.0113. The van der Waals surface area contributed by atoms with Crippen LogP contribution in [0.4, 0.5) is 0 Å². The number of hydrogen-bond acceptors (Lipinski definition) is 4. The van der Waals surface area contributed by atoms with Crippen LogP contribution in [-0.2, 0) is 9.47 Å². The topological polar surface area (TPSA) is 48.1 Å². The van der Waals surface area contributed by atoms with Crippen molar-refractivity contribution in [3.05, 3.63) is 64.1 Å². The van der Waals surface area contributed by atoms with Crippen LogP contribution >= 0.6 is 15.9 Å². The third-order valence-electron chi connectivity index (χ3n) is 3.43. The summed E-state index contributed by atoms with van der Waals surface area (Å²) in [6.07, 6.45) is -0.570. The zero-order chi connectivity index (χ0) is 15.5. The van der Waals surface area contributed by atoms with Crippen LogP contribution in [0.1, 0.15) is 22.0 Å². The van der Waals surface area contributed by atoms with Crippen molar-refractivity contribution >= 4 is 21.7 Å². The number of ketones is 1. The predicted molar refractivity (Wildman–Crippen MR) is 85.0 cm³/mol. The highest BCUT2D eigenvalue weighted by atomic mass is 79.9. The molecule has 2 aromatic carbocycles. The van der Waals surface area contributed by atoms with Gasteiger partial charge in [-0.2, -0.15) is 0 Å². The van der Waals surface area contributed by atoms with Crippen LogP contribution in [0, 0.1) is 0 Å². The standard InChI is InChI=1S/C17H15BrO4/c1-20-10-21-14-8-4-12(5-9-14)16-17(22-16)15(19)11-2-6-13(18)7-3-11/h2-9,16-17H,10H2,1H3. The first-order chi connectivity index (χ1) is 10.7. The van der Waals surface area contributed by atoms with Gasteiger partial charge in [0, 0.05) is 17.1 Å². The SMILES string of the molecule is COCOc1ccc(C2OC2C(=O)c2ccc(Br)cc2)cc1. The molecule has 0 aromatic heterocycles. The van der Waals surface area contributed by atoms with Gasteiger partial charge in [-0.25, -0.2) is 0 Å². The first-order valence-electron chi connectivity index (χ1n) is 6.86. The van der Waals surface area contributed by atoms with E-state index in [0.717, 1.165) is 15.8 Å². The molecule has 0 N–H and O–H groups in total. The van der Waals surface area contributed by atoms with E-state index in [-0.39, 0.29) is 18.7 Å². The van der Waals surface area contributed by atoms with E-state index in [4.69, 9.17) is 14.2 Å². The number of hydrogen-bond donors (Lipinski definition) is 0. The number of Topliss-reactive ketones (excluding diaryl/α,β-unsaturated/α-hetero) is 1. The molecule has 0 aliphatic carbocycles. The fourth-order valence-electron chi connectivity index (χ4n) is 2.22. The molecule has 2 unspecified atom stereocenters. The highest BCUT2D eigenvalue weighted by Crippen LogP contribution is 2.41. The maximum Gasteiger partial charge on any atom is 0.194 e. The summed E-state index contributed by atoms with van der Waals surface area (Å²) in [5, 5.41) is 0. The van der Waals surface area contributed by atoms with Crippen LogP contribution in [0.15, 0.2) is 53.0 Å². The molecule has 1 saturated heterocycles. The van der Waals surface area contributed by atoms with Crippen molar-refractivity contribution in [3.63, 3.8) is 0 Å². The third-order valence-corrected chi connectivity index (χ3v) is 3.96. The molecular weight excluding hydrogens is 348 g/mol. The first-order valence-corrected chi connectivity index (χ1v) is 7.65. The zero-order valence-corrected chi connectivity index (χ0v) is 13.6. The predicted octanol–water partition coefficient (Wildman–Crippen LogP) is 3.75. The lowest BCUT2D eigenvalue weighted by Gasteiger charge is -2.04. The summed E-state index contributed by atoms with van der Waals surface area (Å²) in [6, 6.07) is 14.8. The minimum Gasteiger partial charge on any atom is -0.468 e. The van der Waals surface area contributed by atoms with E-state index in [2.05, 4.69) is 15.9 Å². The van der Waals surface area contributed by atoms with E-state index in [1.54, 1.807) is 19.2 Å². The summed E-state index contributed by atoms with van der Waals surface area (Å²) in [4.78, 5) is 12.3. The van der Waals surface area contributed by atoms with Crippen LogP contribution in [0.5, 0.6) is 5.75 Å². The second kappa shape index (κ2) is 6.60. The maximum absolute atomic E-state index is 12.3. The Morgan fingerprint density at radius 2 is 1.82 bits per heavy atom. The molecule has 1 aliphatic heterocycles. The van der Waals surface area contributed by atoms with Crippen molar-refractivity contribution in [2.75, 3.05) is 13.9 Å². The highest BCUT2D eigenvalue weighted by Gasteiger charge is 2.46. The van der Waals surface area contributed by atoms with Gasteiger partial charge >= 0.3 is 0 Å². The molecule has 1 aliphatic rings. The molecule has 3 rings (SSSR count). The van der Waals surface area contributed by atoms with Crippen LogP contribution < -0.4 is 4.74 Å². The summed E-state index contributed by atoms with van der Waals surface area (Å²) < 4.78 is 16.7. The van der Waals surface area contributed by atoms with Gasteiger partial charge in [0.05, 0.1) is 0 Å². The average Bonchev–Trinajstić information content (AvgIpc) is 3.34. The molecule has 0 saturated carbocycles. The number of benzene rings is 2. The Balaban J connectivity index is 1.64. The number of methoxy groups -OCH3 is 1. The van der Waals surface area contributed by atoms with Gasteiger partial charge < -0.3 is 14.2 Å². The Labute approximate surface area is 137 Å². The van der Waals surface area contributed by atoms with Gasteiger partial charge in [0.1, 0.15) is 11.9 Å². The summed E-state index contributed by atoms with van der Waals surface area (Å²) in [6.45, 7) is 0.212. The number of ether oxygens (including phenoxy) is 3. The van der Waals surface area contributed by atoms with E-state index >= 15 is 0 Å². The average molecular weight is 363 g/mol. The fourth-order valence-corrected chi connectivity index (χ4v) is 2.49. The lowest BCUT2D eigenvalue weighted by Crippen LogP contribution is -2.08. The third kappa shape index (κ3) is 3.38. The van der Waals surface area contributed by atoms with Gasteiger partial charge in [-0.05, 0) is 29.8 Å². The molecule has 0 bridgehead atoms. The Hall–Kier alpha value is -1.69. The second-order valence-electron chi connectivity index (χ2n) is 4.97. The van der Waals surface area contributed by atoms with Gasteiger partial charge in [0.2, 0.25) is 0 Å². The van der Waals surface area contributed by atoms with Crippen molar-refractivity contribution in [3.8, 4) is 5.75 Å². The summed E-state index contributed by atoms with van der Waals surface area (Å²) in [7, 11) is 1.57. The van der Waals surface area contributed by atoms with Gasteiger partial charge in [-0.1, -0.05) is 40.2 Å². The number of rotatable bonds is 6. The smallest absolute Gasteiger partial charge is 0.194 e. The molecule has 1 fully saturated rings. The normalized spacial score (nSPS) is 19.7. The molecule has 5 heteroatoms. The largest absolute Gasteiger partial charge is 0.468 e. The lowest BCUT2D eigenvalue weighted by molar-refractivity contribution is 0.0511. The monoisotopic (exact) mass is 362 g/mol. The molecule has 0 radical (unpaired) electrons. The van der Waals surface area contributed by atoms with Gasteiger partial charge in [-0.15, -0.1) is 0 Å². The van der Waals surface area contributed by atoms with E-state index in [1.165, 1.54) is 0 Å². The number of carbonyl (C=O) groups excluding carboxylic acids is 1. The molecular formula is C17H15BrO4. The second-order valence-corrected chi connectivity index (χ2v) is 5.88. The van der Waals surface area contributed by atoms with Crippen molar-refractivity contribution < 1.29 is 19.0 Å². The molecule has 0 spiro atoms. The molecule has 1 heterocycles. The van der Waals surface area contributed by atoms with Gasteiger partial charge in [0.15, 0.2) is 18.7 Å². The lowest BCUT2D eigenvalue weighted by atomic mass is 10.0. The van der Waals surface area contributed by atoms with E-state index < -0.39 is 6.10 Å². The van der Waals surface area contributed by atoms with E-state index in [1.807, 2.05) is 36.4 Å². The number of halogens is 1. The maximum atomic E-state index is 12.3. The summed E-state index contributed by atoms with van der Waals surface area (Å²) in [5.41, 5.74) is 1.64. The zero-order valence-electron chi connectivity index (χ0n) is 12.0. The Morgan fingerprint density at radius 3 is 2.45 bits per heavy atom. The van der Waals surface area contributed by atoms with Gasteiger partial charge in [0.25, 0.3) is 0 Å². The first kappa shape index (κ1) is 15.2. The Morgan fingerprint density at radius 1 is 1.14 bits per heavy atom. The molecule has 4 nitrogen and oxygen atoms in total. The Bertz CT molecular complexity index is 651. The van der Waals surface area contributed by atoms with E-state index in [9.17, 15) is 4.79 Å². The number of carbonyl (C=O) groups is 1. The fraction of sp³-hybridized carbons (Fsp3) is 0.235.